The molecule has 0 atom stereocenters. The van der Waals surface area contributed by atoms with E-state index in [1.54, 1.807) is 60.9 Å². The highest BCUT2D eigenvalue weighted by Gasteiger charge is 2.27. The summed E-state index contributed by atoms with van der Waals surface area (Å²) in [5.74, 6) is -1.76. The topological polar surface area (TPSA) is 97.8 Å². The molecule has 0 unspecified atom stereocenters. The molecule has 1 aromatic heterocycles. The first-order valence-electron chi connectivity index (χ1n) is 8.91. The molecule has 8 heteroatoms. The molecule has 0 aliphatic carbocycles. The van der Waals surface area contributed by atoms with Crippen LogP contribution in [0.2, 0.25) is 0 Å². The molecule has 152 valence electrons. The summed E-state index contributed by atoms with van der Waals surface area (Å²) in [6, 6.07) is 10.0. The number of ether oxygens (including phenoxy) is 2. The Bertz CT molecular complexity index is 1060. The van der Waals surface area contributed by atoms with Crippen molar-refractivity contribution in [3.05, 3.63) is 90.1 Å². The molecule has 0 bridgehead atoms. The molecule has 2 heterocycles. The van der Waals surface area contributed by atoms with Crippen LogP contribution in [0.3, 0.4) is 0 Å². The fourth-order valence-electron chi connectivity index (χ4n) is 2.80. The lowest BCUT2D eigenvalue weighted by atomic mass is 10.1. The van der Waals surface area contributed by atoms with E-state index in [4.69, 9.17) is 9.47 Å². The van der Waals surface area contributed by atoms with Crippen LogP contribution in [0, 0.1) is 0 Å². The maximum Gasteiger partial charge on any atom is 0.355 e. The number of esters is 2. The number of hydrogen-bond donors (Lipinski definition) is 1. The highest BCUT2D eigenvalue weighted by molar-refractivity contribution is 6.07. The Morgan fingerprint density at radius 3 is 2.50 bits per heavy atom. The Morgan fingerprint density at radius 2 is 1.80 bits per heavy atom. The second-order valence-corrected chi connectivity index (χ2v) is 6.06. The molecule has 1 amide bonds. The third kappa shape index (κ3) is 4.44. The van der Waals surface area contributed by atoms with Crippen molar-refractivity contribution in [3.63, 3.8) is 0 Å². The van der Waals surface area contributed by atoms with Crippen LogP contribution in [0.5, 0.6) is 0 Å². The maximum atomic E-state index is 12.6. The molecule has 0 radical (unpaired) electrons. The van der Waals surface area contributed by atoms with Crippen molar-refractivity contribution in [3.8, 4) is 0 Å². The van der Waals surface area contributed by atoms with E-state index >= 15 is 0 Å². The van der Waals surface area contributed by atoms with Crippen LogP contribution in [-0.2, 0) is 19.1 Å². The van der Waals surface area contributed by atoms with Gasteiger partial charge in [-0.25, -0.2) is 9.59 Å². The Kier molecular flexibility index (Phi) is 6.39. The lowest BCUT2D eigenvalue weighted by molar-refractivity contribution is -0.139. The van der Waals surface area contributed by atoms with Crippen molar-refractivity contribution < 1.29 is 23.9 Å². The standard InChI is InChI=1S/C22H19N3O5/c1-29-21(27)18-10-3-4-12-25(19(18)22(28)30-2)17-9-5-7-15(13-17)20(26)24-16-8-6-11-23-14-16/h3-14H,1-2H3,(H,24,26). The van der Waals surface area contributed by atoms with Crippen LogP contribution in [0.15, 0.2) is 84.5 Å². The SMILES string of the molecule is COC(=O)C1=C(C(=O)OC)N(c2cccc(C(=O)Nc3cccnc3)c2)C=CC=C1. The highest BCUT2D eigenvalue weighted by atomic mass is 16.5. The molecule has 2 aromatic rings. The molecular weight excluding hydrogens is 386 g/mol. The van der Waals surface area contributed by atoms with Crippen molar-refractivity contribution >= 4 is 29.2 Å². The van der Waals surface area contributed by atoms with E-state index in [0.717, 1.165) is 0 Å². The van der Waals surface area contributed by atoms with Gasteiger partial charge in [0.15, 0.2) is 0 Å². The van der Waals surface area contributed by atoms with Crippen LogP contribution in [-0.4, -0.2) is 37.0 Å². The van der Waals surface area contributed by atoms with Crippen molar-refractivity contribution in [2.45, 2.75) is 0 Å². The lowest BCUT2D eigenvalue weighted by Crippen LogP contribution is -2.27. The summed E-state index contributed by atoms with van der Waals surface area (Å²) >= 11 is 0. The maximum absolute atomic E-state index is 12.6. The smallest absolute Gasteiger partial charge is 0.355 e. The van der Waals surface area contributed by atoms with Gasteiger partial charge in [0.1, 0.15) is 5.70 Å². The third-order valence-corrected chi connectivity index (χ3v) is 4.20. The highest BCUT2D eigenvalue weighted by Crippen LogP contribution is 2.27. The number of amides is 1. The van der Waals surface area contributed by atoms with Gasteiger partial charge in [0, 0.05) is 23.6 Å². The van der Waals surface area contributed by atoms with Crippen molar-refractivity contribution in [1.29, 1.82) is 0 Å². The van der Waals surface area contributed by atoms with E-state index in [-0.39, 0.29) is 17.2 Å². The summed E-state index contributed by atoms with van der Waals surface area (Å²) in [6.07, 6.45) is 9.46. The second-order valence-electron chi connectivity index (χ2n) is 6.06. The predicted molar refractivity (Wildman–Crippen MR) is 110 cm³/mol. The molecule has 0 saturated heterocycles. The summed E-state index contributed by atoms with van der Waals surface area (Å²) < 4.78 is 9.68. The average molecular weight is 405 g/mol. The van der Waals surface area contributed by atoms with E-state index in [1.165, 1.54) is 31.4 Å². The predicted octanol–water partition coefficient (Wildman–Crippen LogP) is 2.82. The first kappa shape index (κ1) is 20.5. The minimum absolute atomic E-state index is 0.0274. The summed E-state index contributed by atoms with van der Waals surface area (Å²) in [7, 11) is 2.45. The molecule has 0 spiro atoms. The summed E-state index contributed by atoms with van der Waals surface area (Å²) in [4.78, 5) is 42.8. The Hall–Kier alpha value is -4.20. The van der Waals surface area contributed by atoms with Gasteiger partial charge in [-0.15, -0.1) is 0 Å². The number of anilines is 2. The van der Waals surface area contributed by atoms with Crippen LogP contribution in [0.4, 0.5) is 11.4 Å². The number of aromatic nitrogens is 1. The average Bonchev–Trinajstić information content (AvgIpc) is 3.02. The van der Waals surface area contributed by atoms with E-state index in [9.17, 15) is 14.4 Å². The zero-order valence-electron chi connectivity index (χ0n) is 16.4. The minimum atomic E-state index is -0.725. The van der Waals surface area contributed by atoms with Gasteiger partial charge < -0.3 is 19.7 Å². The van der Waals surface area contributed by atoms with Gasteiger partial charge >= 0.3 is 11.9 Å². The molecule has 3 rings (SSSR count). The van der Waals surface area contributed by atoms with E-state index in [1.807, 2.05) is 0 Å². The lowest BCUT2D eigenvalue weighted by Gasteiger charge is -2.23. The number of nitrogens with zero attached hydrogens (tertiary/aromatic N) is 2. The minimum Gasteiger partial charge on any atom is -0.465 e. The van der Waals surface area contributed by atoms with Crippen LogP contribution < -0.4 is 10.2 Å². The van der Waals surface area contributed by atoms with Gasteiger partial charge in [-0.1, -0.05) is 12.1 Å². The first-order chi connectivity index (χ1) is 14.5. The van der Waals surface area contributed by atoms with E-state index < -0.39 is 11.9 Å². The number of carbonyl (C=O) groups is 3. The van der Waals surface area contributed by atoms with Crippen LogP contribution in [0.1, 0.15) is 10.4 Å². The van der Waals surface area contributed by atoms with Gasteiger partial charge in [0.2, 0.25) is 0 Å². The Morgan fingerprint density at radius 1 is 1.00 bits per heavy atom. The van der Waals surface area contributed by atoms with Crippen LogP contribution in [0.25, 0.3) is 0 Å². The first-order valence-corrected chi connectivity index (χ1v) is 8.91. The van der Waals surface area contributed by atoms with E-state index in [0.29, 0.717) is 16.9 Å². The number of rotatable bonds is 5. The number of benzene rings is 1. The number of nitrogens with one attached hydrogen (secondary N) is 1. The zero-order chi connectivity index (χ0) is 21.5. The Balaban J connectivity index is 2.01. The second kappa shape index (κ2) is 9.33. The van der Waals surface area contributed by atoms with Gasteiger partial charge in [0.25, 0.3) is 5.91 Å². The summed E-state index contributed by atoms with van der Waals surface area (Å²) in [5, 5.41) is 2.75. The molecular formula is C22H19N3O5. The van der Waals surface area contributed by atoms with Gasteiger partial charge in [-0.3, -0.25) is 9.78 Å². The number of methoxy groups -OCH3 is 2. The molecule has 1 N–H and O–H groups in total. The Labute approximate surface area is 173 Å². The zero-order valence-corrected chi connectivity index (χ0v) is 16.4. The summed E-state index contributed by atoms with van der Waals surface area (Å²) in [6.45, 7) is 0. The molecule has 1 aromatic carbocycles. The number of pyridine rings is 1. The van der Waals surface area contributed by atoms with Crippen LogP contribution >= 0.6 is 0 Å². The van der Waals surface area contributed by atoms with E-state index in [2.05, 4.69) is 10.3 Å². The fraction of sp³-hybridized carbons (Fsp3) is 0.0909. The monoisotopic (exact) mass is 405 g/mol. The van der Waals surface area contributed by atoms with Gasteiger partial charge in [-0.05, 0) is 42.5 Å². The quantitative estimate of drug-likeness (QED) is 0.764. The van der Waals surface area contributed by atoms with Gasteiger partial charge in [0.05, 0.1) is 31.7 Å². The molecule has 1 aliphatic rings. The molecule has 30 heavy (non-hydrogen) atoms. The summed E-state index contributed by atoms with van der Waals surface area (Å²) in [5.41, 5.74) is 1.38. The van der Waals surface area contributed by atoms with Crippen molar-refractivity contribution in [2.75, 3.05) is 24.4 Å². The molecule has 0 fully saturated rings. The van der Waals surface area contributed by atoms with Crippen molar-refractivity contribution in [2.24, 2.45) is 0 Å². The fourth-order valence-corrected chi connectivity index (χ4v) is 2.80. The van der Waals surface area contributed by atoms with Crippen molar-refractivity contribution in [1.82, 2.24) is 4.98 Å². The number of carbonyl (C=O) groups excluding carboxylic acids is 3. The molecule has 1 aliphatic heterocycles. The molecule has 8 nitrogen and oxygen atoms in total. The number of allylic oxidation sites excluding steroid dienone is 2. The largest absolute Gasteiger partial charge is 0.465 e. The molecule has 0 saturated carbocycles. The van der Waals surface area contributed by atoms with Gasteiger partial charge in [-0.2, -0.15) is 0 Å². The third-order valence-electron chi connectivity index (χ3n) is 4.20. The normalized spacial score (nSPS) is 12.9. The number of hydrogen-bond acceptors (Lipinski definition) is 7.